The van der Waals surface area contributed by atoms with Crippen LogP contribution >= 0.6 is 0 Å². The van der Waals surface area contributed by atoms with E-state index in [0.717, 1.165) is 25.7 Å². The van der Waals surface area contributed by atoms with Crippen molar-refractivity contribution >= 4 is 35.5 Å². The lowest BCUT2D eigenvalue weighted by molar-refractivity contribution is -0.164. The van der Waals surface area contributed by atoms with Gasteiger partial charge in [0.2, 0.25) is 23.6 Å². The van der Waals surface area contributed by atoms with Gasteiger partial charge in [-0.05, 0) is 56.3 Å². The quantitative estimate of drug-likeness (QED) is 0.436. The van der Waals surface area contributed by atoms with E-state index in [1.54, 1.807) is 18.9 Å². The second kappa shape index (κ2) is 16.1. The van der Waals surface area contributed by atoms with Crippen molar-refractivity contribution in [3.8, 4) is 0 Å². The Hall–Kier alpha value is -3.18. The zero-order valence-corrected chi connectivity index (χ0v) is 29.3. The van der Waals surface area contributed by atoms with Gasteiger partial charge in [0.15, 0.2) is 6.10 Å². The van der Waals surface area contributed by atoms with Crippen LogP contribution in [0.15, 0.2) is 0 Å². The normalized spacial score (nSPS) is 31.9. The molecule has 1 aliphatic carbocycles. The highest BCUT2D eigenvalue weighted by Crippen LogP contribution is 2.41. The Bertz CT molecular complexity index is 1140. The van der Waals surface area contributed by atoms with E-state index in [1.807, 2.05) is 41.5 Å². The predicted octanol–water partition coefficient (Wildman–Crippen LogP) is 2.48. The van der Waals surface area contributed by atoms with Gasteiger partial charge >= 0.3 is 5.97 Å². The number of hydrogen-bond donors (Lipinski definition) is 2. The van der Waals surface area contributed by atoms with E-state index in [1.165, 1.54) is 16.8 Å². The molecule has 12 heteroatoms. The van der Waals surface area contributed by atoms with Crippen LogP contribution in [0.1, 0.15) is 99.8 Å². The molecular formula is C34H57N5O7. The molecule has 3 aliphatic rings. The number of amides is 5. The van der Waals surface area contributed by atoms with Crippen molar-refractivity contribution in [2.24, 2.45) is 23.7 Å². The first-order chi connectivity index (χ1) is 21.6. The minimum absolute atomic E-state index is 0.0331. The molecule has 0 bridgehead atoms. The maximum absolute atomic E-state index is 14.3. The monoisotopic (exact) mass is 647 g/mol. The highest BCUT2D eigenvalue weighted by Gasteiger charge is 2.50. The Kier molecular flexibility index (Phi) is 13.0. The molecule has 1 saturated carbocycles. The van der Waals surface area contributed by atoms with Crippen molar-refractivity contribution < 1.29 is 33.5 Å². The Morgan fingerprint density at radius 1 is 0.870 bits per heavy atom. The number of nitrogens with zero attached hydrogens (tertiary/aromatic N) is 3. The molecule has 5 amide bonds. The first kappa shape index (κ1) is 37.3. The lowest BCUT2D eigenvalue weighted by Gasteiger charge is -2.38. The summed E-state index contributed by atoms with van der Waals surface area (Å²) in [7, 11) is 3.08. The summed E-state index contributed by atoms with van der Waals surface area (Å²) in [4.78, 5) is 86.9. The third kappa shape index (κ3) is 8.39. The van der Waals surface area contributed by atoms with Crippen LogP contribution in [-0.2, 0) is 33.5 Å². The summed E-state index contributed by atoms with van der Waals surface area (Å²) in [5, 5.41) is 5.71. The molecule has 2 saturated heterocycles. The largest absolute Gasteiger partial charge is 0.452 e. The number of carbonyl (C=O) groups is 6. The van der Waals surface area contributed by atoms with E-state index in [2.05, 4.69) is 10.6 Å². The molecule has 0 spiro atoms. The van der Waals surface area contributed by atoms with Crippen LogP contribution in [0.4, 0.5) is 0 Å². The summed E-state index contributed by atoms with van der Waals surface area (Å²) < 4.78 is 5.77. The summed E-state index contributed by atoms with van der Waals surface area (Å²) >= 11 is 0. The average molecular weight is 648 g/mol. The molecule has 0 aromatic heterocycles. The SMILES string of the molecule is CC[C@H](C)[C@@H]1NC(=O)C2CC3CCCCC3N2C(=O)C(CC(C)C)OC(=O)CCNC(=O)[C@H](C)N(C)C(=O)[C@H](C(C)C)N(C)C1=O. The number of likely N-dealkylation sites (N-methyl/N-ethyl adjacent to an activating group) is 2. The van der Waals surface area contributed by atoms with Gasteiger partial charge in [-0.3, -0.25) is 28.8 Å². The van der Waals surface area contributed by atoms with Gasteiger partial charge in [0, 0.05) is 26.7 Å². The highest BCUT2D eigenvalue weighted by molar-refractivity contribution is 5.96. The number of nitrogens with one attached hydrogen (secondary N) is 2. The maximum Gasteiger partial charge on any atom is 0.308 e. The van der Waals surface area contributed by atoms with Crippen molar-refractivity contribution in [1.29, 1.82) is 0 Å². The summed E-state index contributed by atoms with van der Waals surface area (Å²) in [6.45, 7) is 12.9. The van der Waals surface area contributed by atoms with E-state index >= 15 is 0 Å². The van der Waals surface area contributed by atoms with E-state index in [-0.39, 0.29) is 48.6 Å². The van der Waals surface area contributed by atoms with Crippen LogP contribution in [0.2, 0.25) is 0 Å². The zero-order valence-electron chi connectivity index (χ0n) is 29.3. The smallest absolute Gasteiger partial charge is 0.308 e. The van der Waals surface area contributed by atoms with Gasteiger partial charge < -0.3 is 30.1 Å². The number of rotatable bonds is 5. The van der Waals surface area contributed by atoms with E-state index in [9.17, 15) is 28.8 Å². The van der Waals surface area contributed by atoms with Gasteiger partial charge in [-0.2, -0.15) is 0 Å². The van der Waals surface area contributed by atoms with Crippen molar-refractivity contribution in [3.05, 3.63) is 0 Å². The zero-order chi connectivity index (χ0) is 34.5. The van der Waals surface area contributed by atoms with Crippen LogP contribution in [-0.4, -0.2) is 107 Å². The molecule has 3 fully saturated rings. The molecule has 46 heavy (non-hydrogen) atoms. The van der Waals surface area contributed by atoms with E-state index in [4.69, 9.17) is 4.74 Å². The van der Waals surface area contributed by atoms with Gasteiger partial charge in [0.05, 0.1) is 6.42 Å². The summed E-state index contributed by atoms with van der Waals surface area (Å²) in [5.41, 5.74) is 0. The molecule has 4 unspecified atom stereocenters. The number of esters is 1. The lowest BCUT2D eigenvalue weighted by atomic mass is 9.84. The number of carbonyl (C=O) groups excluding carboxylic acids is 6. The van der Waals surface area contributed by atoms with Gasteiger partial charge in [-0.25, -0.2) is 0 Å². The highest BCUT2D eigenvalue weighted by atomic mass is 16.5. The average Bonchev–Trinajstić information content (AvgIpc) is 3.40. The number of fused-ring (bicyclic) bond motifs is 3. The second-order valence-corrected chi connectivity index (χ2v) is 14.4. The van der Waals surface area contributed by atoms with Crippen LogP contribution in [0.5, 0.6) is 0 Å². The van der Waals surface area contributed by atoms with Gasteiger partial charge in [0.25, 0.3) is 5.91 Å². The van der Waals surface area contributed by atoms with Gasteiger partial charge in [-0.15, -0.1) is 0 Å². The van der Waals surface area contributed by atoms with Crippen molar-refractivity contribution in [2.45, 2.75) is 136 Å². The molecule has 0 radical (unpaired) electrons. The molecule has 0 aromatic rings. The van der Waals surface area contributed by atoms with Crippen molar-refractivity contribution in [3.63, 3.8) is 0 Å². The fraction of sp³-hybridized carbons (Fsp3) is 0.824. The molecule has 2 aliphatic heterocycles. The Labute approximate surface area is 274 Å². The topological polar surface area (TPSA) is 145 Å². The Morgan fingerprint density at radius 2 is 1.52 bits per heavy atom. The number of cyclic esters (lactones) is 1. The maximum atomic E-state index is 14.3. The Morgan fingerprint density at radius 3 is 2.13 bits per heavy atom. The summed E-state index contributed by atoms with van der Waals surface area (Å²) in [5.74, 6) is -3.08. The molecule has 0 aromatic carbocycles. The van der Waals surface area contributed by atoms with Crippen LogP contribution < -0.4 is 10.6 Å². The first-order valence-corrected chi connectivity index (χ1v) is 17.2. The van der Waals surface area contributed by atoms with Gasteiger partial charge in [-0.1, -0.05) is 60.8 Å². The predicted molar refractivity (Wildman–Crippen MR) is 173 cm³/mol. The van der Waals surface area contributed by atoms with Crippen LogP contribution in [0.25, 0.3) is 0 Å². The molecule has 12 nitrogen and oxygen atoms in total. The molecular weight excluding hydrogens is 590 g/mol. The minimum atomic E-state index is -1.08. The minimum Gasteiger partial charge on any atom is -0.452 e. The number of ether oxygens (including phenoxy) is 1. The summed E-state index contributed by atoms with van der Waals surface area (Å²) in [6.07, 6.45) is 3.73. The molecule has 2 N–H and O–H groups in total. The summed E-state index contributed by atoms with van der Waals surface area (Å²) in [6, 6.07) is -3.68. The van der Waals surface area contributed by atoms with Crippen LogP contribution in [0, 0.1) is 23.7 Å². The molecule has 8 atom stereocenters. The third-order valence-corrected chi connectivity index (χ3v) is 10.2. The van der Waals surface area contributed by atoms with Crippen molar-refractivity contribution in [2.75, 3.05) is 20.6 Å². The lowest BCUT2D eigenvalue weighted by Crippen LogP contribution is -2.61. The fourth-order valence-corrected chi connectivity index (χ4v) is 7.22. The number of hydrogen-bond acceptors (Lipinski definition) is 7. The van der Waals surface area contributed by atoms with Crippen LogP contribution in [0.3, 0.4) is 0 Å². The van der Waals surface area contributed by atoms with Crippen molar-refractivity contribution in [1.82, 2.24) is 25.3 Å². The van der Waals surface area contributed by atoms with E-state index in [0.29, 0.717) is 19.3 Å². The standard InChI is InChI=1S/C34H57N5O7/c1-10-21(6)28-33(44)38(9)29(20(4)5)34(45)37(8)22(7)30(41)35-16-15-27(40)46-26(17-19(2)3)32(43)39-24-14-12-11-13-23(24)18-25(39)31(42)36-28/h19-26,28-29H,10-18H2,1-9H3,(H,35,41)(H,36,42)/t21-,22-,23?,24?,25?,26?,28-,29-/m0/s1. The van der Waals surface area contributed by atoms with Gasteiger partial charge in [0.1, 0.15) is 24.2 Å². The first-order valence-electron chi connectivity index (χ1n) is 17.2. The second-order valence-electron chi connectivity index (χ2n) is 14.4. The Balaban J connectivity index is 2.08. The molecule has 260 valence electrons. The fourth-order valence-electron chi connectivity index (χ4n) is 7.22. The molecule has 3 rings (SSSR count). The van der Waals surface area contributed by atoms with E-state index < -0.39 is 59.9 Å². The molecule has 2 heterocycles. The third-order valence-electron chi connectivity index (χ3n) is 10.2.